The lowest BCUT2D eigenvalue weighted by Crippen LogP contribution is -2.40. The first-order valence-corrected chi connectivity index (χ1v) is 12.0. The highest BCUT2D eigenvalue weighted by molar-refractivity contribution is 7.89. The summed E-state index contributed by atoms with van der Waals surface area (Å²) in [7, 11) is -3.91. The van der Waals surface area contributed by atoms with Gasteiger partial charge in [0.15, 0.2) is 0 Å². The van der Waals surface area contributed by atoms with Gasteiger partial charge in [-0.05, 0) is 43.2 Å². The minimum atomic E-state index is -4.65. The molecule has 7 nitrogen and oxygen atoms in total. The van der Waals surface area contributed by atoms with Gasteiger partial charge in [-0.15, -0.1) is 0 Å². The van der Waals surface area contributed by atoms with Gasteiger partial charge in [-0.1, -0.05) is 17.7 Å². The van der Waals surface area contributed by atoms with Crippen molar-refractivity contribution in [2.75, 3.05) is 13.1 Å². The Morgan fingerprint density at radius 2 is 1.82 bits per heavy atom. The van der Waals surface area contributed by atoms with Gasteiger partial charge in [0.05, 0.1) is 40.2 Å². The van der Waals surface area contributed by atoms with Crippen LogP contribution in [0.2, 0.25) is 5.02 Å². The number of benzene rings is 2. The maximum Gasteiger partial charge on any atom is 0.417 e. The first-order chi connectivity index (χ1) is 16.0. The van der Waals surface area contributed by atoms with Crippen LogP contribution in [0.3, 0.4) is 0 Å². The van der Waals surface area contributed by atoms with Crippen LogP contribution >= 0.6 is 11.6 Å². The number of rotatable bonds is 4. The number of aromatic nitrogens is 2. The summed E-state index contributed by atoms with van der Waals surface area (Å²) in [5, 5.41) is 18.8. The second kappa shape index (κ2) is 9.03. The molecule has 1 aromatic heterocycles. The molecular weight excluding hydrogens is 493 g/mol. The number of hydrogen-bond acceptors (Lipinski definition) is 5. The normalized spacial score (nSPS) is 15.9. The zero-order valence-corrected chi connectivity index (χ0v) is 19.0. The fraction of sp³-hybridized carbons (Fsp3) is 0.273. The van der Waals surface area contributed by atoms with Gasteiger partial charge < -0.3 is 10.1 Å². The van der Waals surface area contributed by atoms with E-state index < -0.39 is 33.4 Å². The molecular formula is C22H18ClF3N4O3S. The van der Waals surface area contributed by atoms with Crippen LogP contribution in [0.15, 0.2) is 47.5 Å². The molecule has 0 amide bonds. The Balaban J connectivity index is 1.67. The summed E-state index contributed by atoms with van der Waals surface area (Å²) in [5.74, 6) is 0.274. The Labute approximate surface area is 198 Å². The molecule has 3 aromatic rings. The summed E-state index contributed by atoms with van der Waals surface area (Å²) in [6.45, 7) is 0.341. The molecule has 1 saturated heterocycles. The maximum absolute atomic E-state index is 13.1. The number of hydrogen-bond donors (Lipinski definition) is 2. The predicted octanol–water partition coefficient (Wildman–Crippen LogP) is 4.43. The van der Waals surface area contributed by atoms with Crippen molar-refractivity contribution >= 4 is 21.6 Å². The van der Waals surface area contributed by atoms with Crippen molar-refractivity contribution in [2.45, 2.75) is 30.0 Å². The van der Waals surface area contributed by atoms with Crippen molar-refractivity contribution in [3.63, 3.8) is 0 Å². The summed E-state index contributed by atoms with van der Waals surface area (Å²) in [6.07, 6.45) is -3.15. The van der Waals surface area contributed by atoms with Crippen LogP contribution in [0, 0.1) is 11.3 Å². The van der Waals surface area contributed by atoms with Gasteiger partial charge in [0, 0.05) is 24.2 Å². The van der Waals surface area contributed by atoms with E-state index in [0.717, 1.165) is 12.1 Å². The minimum absolute atomic E-state index is 0.0306. The van der Waals surface area contributed by atoms with Gasteiger partial charge in [-0.3, -0.25) is 0 Å². The summed E-state index contributed by atoms with van der Waals surface area (Å²) in [4.78, 5) is 7.06. The monoisotopic (exact) mass is 510 g/mol. The fourth-order valence-corrected chi connectivity index (χ4v) is 5.71. The summed E-state index contributed by atoms with van der Waals surface area (Å²) < 4.78 is 66.7. The maximum atomic E-state index is 13.1. The van der Waals surface area contributed by atoms with E-state index in [9.17, 15) is 26.7 Å². The third-order valence-corrected chi connectivity index (χ3v) is 7.96. The van der Waals surface area contributed by atoms with E-state index in [1.807, 2.05) is 0 Å². The van der Waals surface area contributed by atoms with Crippen molar-refractivity contribution in [2.24, 2.45) is 0 Å². The lowest BCUT2D eigenvalue weighted by Gasteiger charge is -2.29. The van der Waals surface area contributed by atoms with Crippen molar-refractivity contribution in [1.82, 2.24) is 14.3 Å². The number of aliphatic hydroxyl groups is 1. The van der Waals surface area contributed by atoms with E-state index in [-0.39, 0.29) is 28.8 Å². The molecule has 0 spiro atoms. The molecule has 0 unspecified atom stereocenters. The number of nitriles is 1. The van der Waals surface area contributed by atoms with E-state index in [2.05, 4.69) is 9.97 Å². The lowest BCUT2D eigenvalue weighted by molar-refractivity contribution is -0.137. The molecule has 2 heterocycles. The van der Waals surface area contributed by atoms with E-state index >= 15 is 0 Å². The van der Waals surface area contributed by atoms with E-state index in [0.29, 0.717) is 29.7 Å². The summed E-state index contributed by atoms with van der Waals surface area (Å²) in [5.41, 5.74) is -0.482. The zero-order chi connectivity index (χ0) is 24.7. The average Bonchev–Trinajstić information content (AvgIpc) is 3.29. The van der Waals surface area contributed by atoms with E-state index in [1.165, 1.54) is 28.7 Å². The van der Waals surface area contributed by atoms with Crippen molar-refractivity contribution in [3.05, 3.63) is 58.7 Å². The molecule has 0 bridgehead atoms. The van der Waals surface area contributed by atoms with Crippen molar-refractivity contribution in [3.8, 4) is 28.7 Å². The van der Waals surface area contributed by atoms with Crippen LogP contribution in [-0.4, -0.2) is 47.0 Å². The van der Waals surface area contributed by atoms with Gasteiger partial charge in [0.1, 0.15) is 10.7 Å². The van der Waals surface area contributed by atoms with Crippen molar-refractivity contribution in [1.29, 1.82) is 5.26 Å². The molecule has 4 rings (SSSR count). The largest absolute Gasteiger partial charge is 0.417 e. The molecule has 2 N–H and O–H groups in total. The molecule has 0 aliphatic carbocycles. The fourth-order valence-electron chi connectivity index (χ4n) is 3.74. The Kier molecular flexibility index (Phi) is 6.44. The topological polar surface area (TPSA) is 110 Å². The van der Waals surface area contributed by atoms with Gasteiger partial charge in [0.25, 0.3) is 0 Å². The second-order valence-corrected chi connectivity index (χ2v) is 10.1. The predicted molar refractivity (Wildman–Crippen MR) is 118 cm³/mol. The van der Waals surface area contributed by atoms with Crippen LogP contribution in [-0.2, 0) is 16.2 Å². The highest BCUT2D eigenvalue weighted by Gasteiger charge is 2.34. The Morgan fingerprint density at radius 3 is 2.47 bits per heavy atom. The highest BCUT2D eigenvalue weighted by Crippen LogP contribution is 2.35. The van der Waals surface area contributed by atoms with Gasteiger partial charge in [-0.2, -0.15) is 22.7 Å². The molecule has 12 heteroatoms. The minimum Gasteiger partial charge on any atom is -0.393 e. The van der Waals surface area contributed by atoms with E-state index in [4.69, 9.17) is 16.9 Å². The van der Waals surface area contributed by atoms with Crippen LogP contribution in [0.4, 0.5) is 13.2 Å². The third-order valence-electron chi connectivity index (χ3n) is 5.58. The van der Waals surface area contributed by atoms with Gasteiger partial charge in [-0.25, -0.2) is 13.4 Å². The van der Waals surface area contributed by atoms with E-state index in [1.54, 1.807) is 12.1 Å². The number of aromatic amines is 1. The molecule has 2 aromatic carbocycles. The molecule has 34 heavy (non-hydrogen) atoms. The number of H-pyrrole nitrogens is 1. The highest BCUT2D eigenvalue weighted by atomic mass is 35.5. The number of sulfonamides is 1. The Hall–Kier alpha value is -2.91. The third kappa shape index (κ3) is 4.67. The van der Waals surface area contributed by atoms with Crippen LogP contribution in [0.5, 0.6) is 0 Å². The number of nitrogens with one attached hydrogen (secondary N) is 1. The average molecular weight is 511 g/mol. The van der Waals surface area contributed by atoms with Crippen LogP contribution in [0.1, 0.15) is 24.0 Å². The molecule has 1 aliphatic heterocycles. The molecule has 0 atom stereocenters. The van der Waals surface area contributed by atoms with Crippen LogP contribution in [0.25, 0.3) is 22.6 Å². The molecule has 0 radical (unpaired) electrons. The second-order valence-electron chi connectivity index (χ2n) is 7.80. The number of imidazole rings is 1. The molecule has 1 fully saturated rings. The number of alkyl halides is 3. The van der Waals surface area contributed by atoms with Crippen molar-refractivity contribution < 1.29 is 26.7 Å². The summed E-state index contributed by atoms with van der Waals surface area (Å²) in [6, 6.07) is 9.10. The number of nitrogens with zero attached hydrogens (tertiary/aromatic N) is 3. The quantitative estimate of drug-likeness (QED) is 0.539. The zero-order valence-electron chi connectivity index (χ0n) is 17.5. The molecule has 178 valence electrons. The molecule has 1 aliphatic rings. The first kappa shape index (κ1) is 24.2. The SMILES string of the molecule is N#Cc1cc(-c2cnc(-c3ccc(Cl)c(S(=O)(=O)N4CCC(O)CC4)c3)[nH]2)ccc1C(F)(F)F. The standard InChI is InChI=1S/C22H18ClF3N4O3S/c23-18-4-2-14(10-20(18)34(32,33)30-7-5-16(31)6-8-30)21-28-12-19(29-21)13-1-3-17(22(24,25)26)15(9-13)11-27/h1-4,9-10,12,16,31H,5-8H2,(H,28,29). The van der Waals surface area contributed by atoms with Crippen LogP contribution < -0.4 is 0 Å². The van der Waals surface area contributed by atoms with Gasteiger partial charge in [0.2, 0.25) is 10.0 Å². The Bertz CT molecular complexity index is 1370. The lowest BCUT2D eigenvalue weighted by atomic mass is 10.0. The Morgan fingerprint density at radius 1 is 1.15 bits per heavy atom. The first-order valence-electron chi connectivity index (χ1n) is 10.2. The molecule has 0 saturated carbocycles. The number of piperidine rings is 1. The smallest absolute Gasteiger partial charge is 0.393 e. The number of aliphatic hydroxyl groups excluding tert-OH is 1. The number of halogens is 4. The van der Waals surface area contributed by atoms with Gasteiger partial charge >= 0.3 is 6.18 Å². The summed E-state index contributed by atoms with van der Waals surface area (Å²) >= 11 is 6.19.